The molecule has 0 bridgehead atoms. The second kappa shape index (κ2) is 6.52. The highest BCUT2D eigenvalue weighted by atomic mass is 19.1. The minimum absolute atomic E-state index is 0.0462. The SMILES string of the molecule is CCNCc1cccc(F)c1N1CCCNC(=O)C1. The van der Waals surface area contributed by atoms with Gasteiger partial charge in [-0.2, -0.15) is 0 Å². The number of hydrogen-bond donors (Lipinski definition) is 2. The molecule has 0 spiro atoms. The van der Waals surface area contributed by atoms with Gasteiger partial charge in [0.15, 0.2) is 0 Å². The van der Waals surface area contributed by atoms with Gasteiger partial charge in [0, 0.05) is 19.6 Å². The van der Waals surface area contributed by atoms with Crippen LogP contribution in [0.2, 0.25) is 0 Å². The molecular weight excluding hydrogens is 245 g/mol. The molecular formula is C14H20FN3O. The van der Waals surface area contributed by atoms with Crippen molar-refractivity contribution in [2.45, 2.75) is 19.9 Å². The molecule has 1 amide bonds. The average molecular weight is 265 g/mol. The van der Waals surface area contributed by atoms with E-state index in [4.69, 9.17) is 0 Å². The van der Waals surface area contributed by atoms with E-state index in [1.165, 1.54) is 6.07 Å². The van der Waals surface area contributed by atoms with Crippen molar-refractivity contribution in [1.82, 2.24) is 10.6 Å². The molecule has 0 radical (unpaired) electrons. The number of carbonyl (C=O) groups is 1. The Morgan fingerprint density at radius 1 is 1.47 bits per heavy atom. The van der Waals surface area contributed by atoms with E-state index in [9.17, 15) is 9.18 Å². The first-order valence-corrected chi connectivity index (χ1v) is 6.72. The maximum Gasteiger partial charge on any atom is 0.239 e. The summed E-state index contributed by atoms with van der Waals surface area (Å²) < 4.78 is 14.1. The molecule has 1 fully saturated rings. The summed E-state index contributed by atoms with van der Waals surface area (Å²) in [5.41, 5.74) is 1.46. The van der Waals surface area contributed by atoms with Gasteiger partial charge in [-0.05, 0) is 24.6 Å². The number of nitrogens with zero attached hydrogens (tertiary/aromatic N) is 1. The topological polar surface area (TPSA) is 44.4 Å². The first-order valence-electron chi connectivity index (χ1n) is 6.72. The zero-order valence-corrected chi connectivity index (χ0v) is 11.2. The molecule has 1 aromatic carbocycles. The fourth-order valence-electron chi connectivity index (χ4n) is 2.31. The number of anilines is 1. The number of benzene rings is 1. The highest BCUT2D eigenvalue weighted by Crippen LogP contribution is 2.25. The fourth-order valence-corrected chi connectivity index (χ4v) is 2.31. The Labute approximate surface area is 113 Å². The summed E-state index contributed by atoms with van der Waals surface area (Å²) in [7, 11) is 0. The number of hydrogen-bond acceptors (Lipinski definition) is 3. The highest BCUT2D eigenvalue weighted by molar-refractivity contribution is 5.82. The van der Waals surface area contributed by atoms with Crippen molar-refractivity contribution in [2.75, 3.05) is 31.1 Å². The Balaban J connectivity index is 2.27. The van der Waals surface area contributed by atoms with Crippen LogP contribution in [-0.2, 0) is 11.3 Å². The second-order valence-corrected chi connectivity index (χ2v) is 4.65. The van der Waals surface area contributed by atoms with Crippen LogP contribution in [0.5, 0.6) is 0 Å². The van der Waals surface area contributed by atoms with Gasteiger partial charge >= 0.3 is 0 Å². The Kier molecular flexibility index (Phi) is 4.74. The molecule has 2 N–H and O–H groups in total. The minimum atomic E-state index is -0.259. The van der Waals surface area contributed by atoms with Gasteiger partial charge in [-0.3, -0.25) is 4.79 Å². The molecule has 19 heavy (non-hydrogen) atoms. The first-order chi connectivity index (χ1) is 9.22. The predicted molar refractivity (Wildman–Crippen MR) is 73.6 cm³/mol. The molecule has 0 aromatic heterocycles. The van der Waals surface area contributed by atoms with Gasteiger partial charge < -0.3 is 15.5 Å². The van der Waals surface area contributed by atoms with Crippen molar-refractivity contribution in [1.29, 1.82) is 0 Å². The molecule has 1 heterocycles. The van der Waals surface area contributed by atoms with Crippen molar-refractivity contribution in [2.24, 2.45) is 0 Å². The lowest BCUT2D eigenvalue weighted by molar-refractivity contribution is -0.119. The molecule has 0 unspecified atom stereocenters. The summed E-state index contributed by atoms with van der Waals surface area (Å²) in [6.45, 7) is 5.03. The zero-order valence-electron chi connectivity index (χ0n) is 11.2. The van der Waals surface area contributed by atoms with E-state index in [2.05, 4.69) is 10.6 Å². The summed E-state index contributed by atoms with van der Waals surface area (Å²) in [5.74, 6) is -0.305. The van der Waals surface area contributed by atoms with Crippen LogP contribution in [0.4, 0.5) is 10.1 Å². The number of halogens is 1. The van der Waals surface area contributed by atoms with E-state index in [1.54, 1.807) is 6.07 Å². The van der Waals surface area contributed by atoms with E-state index in [1.807, 2.05) is 17.9 Å². The third-order valence-corrected chi connectivity index (χ3v) is 3.21. The molecule has 5 heteroatoms. The largest absolute Gasteiger partial charge is 0.360 e. The third kappa shape index (κ3) is 3.44. The Morgan fingerprint density at radius 2 is 2.32 bits per heavy atom. The van der Waals surface area contributed by atoms with Gasteiger partial charge in [0.05, 0.1) is 12.2 Å². The number of rotatable bonds is 4. The lowest BCUT2D eigenvalue weighted by Crippen LogP contribution is -2.34. The van der Waals surface area contributed by atoms with Gasteiger partial charge in [0.25, 0.3) is 0 Å². The molecule has 1 aliphatic heterocycles. The number of carbonyl (C=O) groups excluding carboxylic acids is 1. The summed E-state index contributed by atoms with van der Waals surface area (Å²) in [6, 6.07) is 5.07. The van der Waals surface area contributed by atoms with E-state index < -0.39 is 0 Å². The lowest BCUT2D eigenvalue weighted by atomic mass is 10.1. The standard InChI is InChI=1S/C14H20FN3O/c1-2-16-9-11-5-3-6-12(15)14(11)18-8-4-7-17-13(19)10-18/h3,5-6,16H,2,4,7-10H2,1H3,(H,17,19). The van der Waals surface area contributed by atoms with Gasteiger partial charge in [-0.1, -0.05) is 19.1 Å². The molecule has 0 atom stereocenters. The first kappa shape index (κ1) is 13.8. The van der Waals surface area contributed by atoms with E-state index in [0.29, 0.717) is 25.3 Å². The van der Waals surface area contributed by atoms with E-state index in [0.717, 1.165) is 18.5 Å². The van der Waals surface area contributed by atoms with Crippen LogP contribution in [0.15, 0.2) is 18.2 Å². The maximum absolute atomic E-state index is 14.1. The van der Waals surface area contributed by atoms with Crippen molar-refractivity contribution in [3.63, 3.8) is 0 Å². The van der Waals surface area contributed by atoms with Gasteiger partial charge in [-0.25, -0.2) is 4.39 Å². The average Bonchev–Trinajstić information content (AvgIpc) is 2.61. The molecule has 4 nitrogen and oxygen atoms in total. The summed E-state index contributed by atoms with van der Waals surface area (Å²) in [4.78, 5) is 13.5. The van der Waals surface area contributed by atoms with Crippen LogP contribution in [0.25, 0.3) is 0 Å². The van der Waals surface area contributed by atoms with Crippen LogP contribution in [0.3, 0.4) is 0 Å². The van der Waals surface area contributed by atoms with Crippen molar-refractivity contribution in [3.8, 4) is 0 Å². The molecule has 0 aliphatic carbocycles. The van der Waals surface area contributed by atoms with Crippen LogP contribution in [0.1, 0.15) is 18.9 Å². The normalized spacial score (nSPS) is 16.1. The Hall–Kier alpha value is -1.62. The molecule has 104 valence electrons. The van der Waals surface area contributed by atoms with Crippen LogP contribution >= 0.6 is 0 Å². The minimum Gasteiger partial charge on any atom is -0.360 e. The second-order valence-electron chi connectivity index (χ2n) is 4.65. The van der Waals surface area contributed by atoms with Crippen LogP contribution < -0.4 is 15.5 Å². The molecule has 1 saturated heterocycles. The van der Waals surface area contributed by atoms with Crippen LogP contribution in [0, 0.1) is 5.82 Å². The van der Waals surface area contributed by atoms with Gasteiger partial charge in [0.1, 0.15) is 5.82 Å². The number of nitrogens with one attached hydrogen (secondary N) is 2. The molecule has 1 aromatic rings. The van der Waals surface area contributed by atoms with E-state index >= 15 is 0 Å². The monoisotopic (exact) mass is 265 g/mol. The maximum atomic E-state index is 14.1. The van der Waals surface area contributed by atoms with Crippen LogP contribution in [-0.4, -0.2) is 32.1 Å². The zero-order chi connectivity index (χ0) is 13.7. The summed E-state index contributed by atoms with van der Waals surface area (Å²) in [6.07, 6.45) is 0.834. The number of para-hydroxylation sites is 1. The Bertz CT molecular complexity index is 450. The van der Waals surface area contributed by atoms with Crippen molar-refractivity contribution >= 4 is 11.6 Å². The third-order valence-electron chi connectivity index (χ3n) is 3.21. The summed E-state index contributed by atoms with van der Waals surface area (Å²) >= 11 is 0. The molecule has 1 aliphatic rings. The van der Waals surface area contributed by atoms with Crippen molar-refractivity contribution < 1.29 is 9.18 Å². The van der Waals surface area contributed by atoms with Gasteiger partial charge in [-0.15, -0.1) is 0 Å². The van der Waals surface area contributed by atoms with Crippen molar-refractivity contribution in [3.05, 3.63) is 29.6 Å². The Morgan fingerprint density at radius 3 is 3.11 bits per heavy atom. The molecule has 0 saturated carbocycles. The molecule has 2 rings (SSSR count). The summed E-state index contributed by atoms with van der Waals surface area (Å²) in [5, 5.41) is 6.01. The smallest absolute Gasteiger partial charge is 0.239 e. The highest BCUT2D eigenvalue weighted by Gasteiger charge is 2.20. The number of amides is 1. The predicted octanol–water partition coefficient (Wildman–Crippen LogP) is 1.26. The van der Waals surface area contributed by atoms with Gasteiger partial charge in [0.2, 0.25) is 5.91 Å². The fraction of sp³-hybridized carbons (Fsp3) is 0.500. The quantitative estimate of drug-likeness (QED) is 0.861. The van der Waals surface area contributed by atoms with E-state index in [-0.39, 0.29) is 18.3 Å². The lowest BCUT2D eigenvalue weighted by Gasteiger charge is -2.25.